The first kappa shape index (κ1) is 16.3. The minimum Gasteiger partial charge on any atom is -0.452 e. The van der Waals surface area contributed by atoms with Crippen LogP contribution in [0.1, 0.15) is 18.1 Å². The van der Waals surface area contributed by atoms with Crippen molar-refractivity contribution in [3.05, 3.63) is 62.8 Å². The van der Waals surface area contributed by atoms with E-state index in [9.17, 15) is 9.59 Å². The summed E-state index contributed by atoms with van der Waals surface area (Å²) < 4.78 is 11.1. The second-order valence-corrected chi connectivity index (χ2v) is 6.00. The maximum absolute atomic E-state index is 12.9. The van der Waals surface area contributed by atoms with E-state index in [4.69, 9.17) is 20.8 Å². The molecule has 2 aromatic carbocycles. The van der Waals surface area contributed by atoms with Crippen LogP contribution < -0.4 is 10.2 Å². The first-order valence-corrected chi connectivity index (χ1v) is 7.77. The van der Waals surface area contributed by atoms with Crippen LogP contribution in [-0.4, -0.2) is 5.97 Å². The SMILES string of the molecule is CC(=O)Oc1c(-c2ccccc2Cl)oc2cc(C)c(C)cc2c1=O. The monoisotopic (exact) mass is 342 g/mol. The molecule has 0 aliphatic rings. The molecule has 0 unspecified atom stereocenters. The van der Waals surface area contributed by atoms with Gasteiger partial charge in [-0.2, -0.15) is 0 Å². The van der Waals surface area contributed by atoms with Gasteiger partial charge in [0.15, 0.2) is 5.76 Å². The predicted octanol–water partition coefficient (Wildman–Crippen LogP) is 4.66. The van der Waals surface area contributed by atoms with E-state index in [2.05, 4.69) is 0 Å². The molecule has 0 N–H and O–H groups in total. The van der Waals surface area contributed by atoms with E-state index in [1.807, 2.05) is 13.8 Å². The molecule has 24 heavy (non-hydrogen) atoms. The normalized spacial score (nSPS) is 10.8. The molecule has 1 aromatic heterocycles. The predicted molar refractivity (Wildman–Crippen MR) is 93.7 cm³/mol. The number of carbonyl (C=O) groups excluding carboxylic acids is 1. The summed E-state index contributed by atoms with van der Waals surface area (Å²) >= 11 is 6.22. The largest absolute Gasteiger partial charge is 0.452 e. The molecule has 1 heterocycles. The number of esters is 1. The molecule has 0 spiro atoms. The number of fused-ring (bicyclic) bond motifs is 1. The maximum Gasteiger partial charge on any atom is 0.308 e. The second kappa shape index (κ2) is 6.13. The van der Waals surface area contributed by atoms with E-state index >= 15 is 0 Å². The molecule has 0 radical (unpaired) electrons. The molecule has 0 aliphatic heterocycles. The van der Waals surface area contributed by atoms with E-state index in [0.29, 0.717) is 21.6 Å². The Labute approximate surface area is 143 Å². The highest BCUT2D eigenvalue weighted by Gasteiger charge is 2.21. The lowest BCUT2D eigenvalue weighted by molar-refractivity contribution is -0.131. The number of hydrogen-bond acceptors (Lipinski definition) is 4. The molecule has 5 heteroatoms. The first-order chi connectivity index (χ1) is 11.4. The Balaban J connectivity index is 2.42. The Morgan fingerprint density at radius 1 is 1.12 bits per heavy atom. The Kier molecular flexibility index (Phi) is 4.16. The number of hydrogen-bond donors (Lipinski definition) is 0. The standard InChI is InChI=1S/C19H15ClO4/c1-10-8-14-16(9-11(10)2)24-18(13-6-4-5-7-15(13)20)19(17(14)22)23-12(3)21/h4-9H,1-3H3. The van der Waals surface area contributed by atoms with Crippen LogP contribution in [0.2, 0.25) is 5.02 Å². The number of rotatable bonds is 2. The highest BCUT2D eigenvalue weighted by Crippen LogP contribution is 2.35. The topological polar surface area (TPSA) is 56.5 Å². The van der Waals surface area contributed by atoms with Gasteiger partial charge in [-0.05, 0) is 49.2 Å². The van der Waals surface area contributed by atoms with Crippen molar-refractivity contribution in [1.82, 2.24) is 0 Å². The lowest BCUT2D eigenvalue weighted by atomic mass is 10.0. The minimum atomic E-state index is -0.598. The number of halogens is 1. The molecule has 4 nitrogen and oxygen atoms in total. The summed E-state index contributed by atoms with van der Waals surface area (Å²) in [6.45, 7) is 5.08. The number of benzene rings is 2. The van der Waals surface area contributed by atoms with Crippen LogP contribution in [0, 0.1) is 13.8 Å². The van der Waals surface area contributed by atoms with Gasteiger partial charge in [0.1, 0.15) is 5.58 Å². The zero-order valence-corrected chi connectivity index (χ0v) is 14.2. The average molecular weight is 343 g/mol. The van der Waals surface area contributed by atoms with Gasteiger partial charge in [-0.25, -0.2) is 0 Å². The zero-order valence-electron chi connectivity index (χ0n) is 13.5. The van der Waals surface area contributed by atoms with Crippen LogP contribution in [0.5, 0.6) is 5.75 Å². The van der Waals surface area contributed by atoms with Crippen molar-refractivity contribution in [2.24, 2.45) is 0 Å². The molecule has 0 saturated carbocycles. The quantitative estimate of drug-likeness (QED) is 0.636. The number of ether oxygens (including phenoxy) is 1. The molecule has 0 amide bonds. The highest BCUT2D eigenvalue weighted by atomic mass is 35.5. The van der Waals surface area contributed by atoms with Gasteiger partial charge < -0.3 is 9.15 Å². The molecular weight excluding hydrogens is 328 g/mol. The van der Waals surface area contributed by atoms with Gasteiger partial charge in [-0.1, -0.05) is 23.7 Å². The van der Waals surface area contributed by atoms with Gasteiger partial charge in [0.05, 0.1) is 10.4 Å². The summed E-state index contributed by atoms with van der Waals surface area (Å²) in [4.78, 5) is 24.3. The molecule has 0 aliphatic carbocycles. The van der Waals surface area contributed by atoms with Gasteiger partial charge >= 0.3 is 5.97 Å². The molecule has 122 valence electrons. The van der Waals surface area contributed by atoms with Gasteiger partial charge in [0.2, 0.25) is 11.2 Å². The fourth-order valence-electron chi connectivity index (χ4n) is 2.49. The Morgan fingerprint density at radius 3 is 2.46 bits per heavy atom. The number of carbonyl (C=O) groups is 1. The minimum absolute atomic E-state index is 0.147. The third-order valence-electron chi connectivity index (χ3n) is 3.83. The first-order valence-electron chi connectivity index (χ1n) is 7.40. The van der Waals surface area contributed by atoms with Gasteiger partial charge in [-0.15, -0.1) is 0 Å². The van der Waals surface area contributed by atoms with E-state index in [0.717, 1.165) is 11.1 Å². The van der Waals surface area contributed by atoms with E-state index in [1.54, 1.807) is 36.4 Å². The average Bonchev–Trinajstić information content (AvgIpc) is 2.52. The van der Waals surface area contributed by atoms with Crippen molar-refractivity contribution in [1.29, 1.82) is 0 Å². The Morgan fingerprint density at radius 2 is 1.79 bits per heavy atom. The summed E-state index contributed by atoms with van der Waals surface area (Å²) in [5.74, 6) is -0.596. The van der Waals surface area contributed by atoms with Crippen LogP contribution in [0.3, 0.4) is 0 Å². The molecule has 0 fully saturated rings. The molecule has 0 atom stereocenters. The van der Waals surface area contributed by atoms with Crippen LogP contribution >= 0.6 is 11.6 Å². The van der Waals surface area contributed by atoms with Crippen molar-refractivity contribution in [3.8, 4) is 17.1 Å². The Hall–Kier alpha value is -2.59. The smallest absolute Gasteiger partial charge is 0.308 e. The third-order valence-corrected chi connectivity index (χ3v) is 4.16. The van der Waals surface area contributed by atoms with Crippen molar-refractivity contribution < 1.29 is 13.9 Å². The summed E-state index contributed by atoms with van der Waals surface area (Å²) in [5.41, 5.74) is 2.47. The van der Waals surface area contributed by atoms with Crippen molar-refractivity contribution in [3.63, 3.8) is 0 Å². The van der Waals surface area contributed by atoms with Crippen molar-refractivity contribution in [2.75, 3.05) is 0 Å². The zero-order chi connectivity index (χ0) is 17.4. The van der Waals surface area contributed by atoms with Crippen molar-refractivity contribution >= 4 is 28.5 Å². The van der Waals surface area contributed by atoms with Crippen LogP contribution in [-0.2, 0) is 4.79 Å². The van der Waals surface area contributed by atoms with Crippen molar-refractivity contribution in [2.45, 2.75) is 20.8 Å². The number of aryl methyl sites for hydroxylation is 2. The van der Waals surface area contributed by atoms with E-state index < -0.39 is 11.4 Å². The maximum atomic E-state index is 12.9. The molecule has 3 rings (SSSR count). The lowest BCUT2D eigenvalue weighted by Crippen LogP contribution is -2.13. The summed E-state index contributed by atoms with van der Waals surface area (Å²) in [6, 6.07) is 10.5. The van der Waals surface area contributed by atoms with Gasteiger partial charge in [-0.3, -0.25) is 9.59 Å². The van der Waals surface area contributed by atoms with Crippen LogP contribution in [0.25, 0.3) is 22.3 Å². The summed E-state index contributed by atoms with van der Waals surface area (Å²) in [7, 11) is 0. The third kappa shape index (κ3) is 2.81. The fourth-order valence-corrected chi connectivity index (χ4v) is 2.71. The second-order valence-electron chi connectivity index (χ2n) is 5.60. The summed E-state index contributed by atoms with van der Waals surface area (Å²) in [5, 5.41) is 0.766. The molecule has 0 bridgehead atoms. The summed E-state index contributed by atoms with van der Waals surface area (Å²) in [6.07, 6.45) is 0. The fraction of sp³-hybridized carbons (Fsp3) is 0.158. The van der Waals surface area contributed by atoms with E-state index in [-0.39, 0.29) is 11.5 Å². The molecular formula is C19H15ClO4. The molecule has 3 aromatic rings. The van der Waals surface area contributed by atoms with Crippen LogP contribution in [0.4, 0.5) is 0 Å². The Bertz CT molecular complexity index is 1020. The lowest BCUT2D eigenvalue weighted by Gasteiger charge is -2.11. The van der Waals surface area contributed by atoms with E-state index in [1.165, 1.54) is 6.92 Å². The molecule has 0 saturated heterocycles. The van der Waals surface area contributed by atoms with Gasteiger partial charge in [0, 0.05) is 12.5 Å². The van der Waals surface area contributed by atoms with Gasteiger partial charge in [0.25, 0.3) is 0 Å². The van der Waals surface area contributed by atoms with Crippen LogP contribution in [0.15, 0.2) is 45.6 Å². The highest BCUT2D eigenvalue weighted by molar-refractivity contribution is 6.33.